The maximum atomic E-state index is 7.28. The van der Waals surface area contributed by atoms with Gasteiger partial charge in [-0.15, -0.1) is 0 Å². The highest BCUT2D eigenvalue weighted by Gasteiger charge is 2.49. The molecule has 2 aliphatic rings. The molecule has 51 heavy (non-hydrogen) atoms. The summed E-state index contributed by atoms with van der Waals surface area (Å²) in [5, 5.41) is 0. The Morgan fingerprint density at radius 1 is 0.353 bits per heavy atom. The van der Waals surface area contributed by atoms with Gasteiger partial charge in [0.15, 0.2) is 23.0 Å². The van der Waals surface area contributed by atoms with Crippen molar-refractivity contribution in [2.45, 2.75) is 93.7 Å². The summed E-state index contributed by atoms with van der Waals surface area (Å²) < 4.78 is 82.3. The molecule has 2 heterocycles. The van der Waals surface area contributed by atoms with E-state index in [9.17, 15) is 0 Å². The van der Waals surface area contributed by atoms with Crippen LogP contribution in [0.25, 0.3) is 0 Å². The van der Waals surface area contributed by atoms with Crippen LogP contribution in [0.15, 0.2) is 0 Å². The van der Waals surface area contributed by atoms with Gasteiger partial charge in [0.2, 0.25) is 34.5 Å². The summed E-state index contributed by atoms with van der Waals surface area (Å²) in [5.74, 6) is 4.13. The van der Waals surface area contributed by atoms with E-state index in [1.807, 2.05) is 69.2 Å². The molecule has 2 aromatic carbocycles. The first-order chi connectivity index (χ1) is 24.9. The summed E-state index contributed by atoms with van der Waals surface area (Å²) in [5.41, 5.74) is 1.17. The number of ether oxygens (including phenoxy) is 13. The van der Waals surface area contributed by atoms with Crippen molar-refractivity contribution >= 4 is 0 Å². The fourth-order valence-electron chi connectivity index (χ4n) is 5.94. The maximum Gasteiger partial charge on any atom is 0.211 e. The second-order valence-corrected chi connectivity index (χ2v) is 11.2. The van der Waals surface area contributed by atoms with Crippen molar-refractivity contribution in [2.24, 2.45) is 0 Å². The molecule has 0 spiro atoms. The van der Waals surface area contributed by atoms with E-state index in [0.29, 0.717) is 148 Å². The molecule has 4 atom stereocenters. The van der Waals surface area contributed by atoms with Crippen molar-refractivity contribution in [3.8, 4) is 57.5 Å². The highest BCUT2D eigenvalue weighted by Crippen LogP contribution is 2.61. The van der Waals surface area contributed by atoms with Crippen LogP contribution in [0, 0.1) is 0 Å². The standard InChI is InChI=1S/C38H58O13/c1-11-39-29-25(30(40-12-2)34(44-16-6)37(47-19-9)33(29)43-15-5)27(23-21-49-23)51-28(24-22-50-24)26-31(41-13-3)35(45-17-7)38(48-20-10)36(46-18-8)32(26)42-14-4/h23-24,27-28H,11-22H2,1-10H3. The molecular formula is C38H58O13. The van der Waals surface area contributed by atoms with Crippen LogP contribution in [0.3, 0.4) is 0 Å². The summed E-state index contributed by atoms with van der Waals surface area (Å²) in [6.07, 6.45) is -2.23. The lowest BCUT2D eigenvalue weighted by Crippen LogP contribution is -2.23. The van der Waals surface area contributed by atoms with E-state index < -0.39 is 12.2 Å². The summed E-state index contributed by atoms with van der Waals surface area (Å²) in [6, 6.07) is 0. The summed E-state index contributed by atoms with van der Waals surface area (Å²) >= 11 is 0. The van der Waals surface area contributed by atoms with Crippen LogP contribution in [0.1, 0.15) is 92.6 Å². The minimum atomic E-state index is -0.752. The lowest BCUT2D eigenvalue weighted by atomic mass is 9.98. The van der Waals surface area contributed by atoms with Crippen LogP contribution in [-0.4, -0.2) is 91.5 Å². The Balaban J connectivity index is 2.08. The van der Waals surface area contributed by atoms with Gasteiger partial charge in [-0.3, -0.25) is 0 Å². The van der Waals surface area contributed by atoms with E-state index in [4.69, 9.17) is 61.6 Å². The normalized spacial score (nSPS) is 17.2. The SMILES string of the molecule is CCOc1c(OCC)c(OCC)c(C(OC(c2c(OCC)c(OCC)c(OCC)c(OCC)c2OCC)C2CO2)C2CO2)c(OCC)c1OCC. The van der Waals surface area contributed by atoms with Gasteiger partial charge >= 0.3 is 0 Å². The van der Waals surface area contributed by atoms with Gasteiger partial charge in [0.25, 0.3) is 0 Å². The Morgan fingerprint density at radius 2 is 0.529 bits per heavy atom. The van der Waals surface area contributed by atoms with Gasteiger partial charge in [-0.2, -0.15) is 0 Å². The highest BCUT2D eigenvalue weighted by atomic mass is 16.6. The zero-order chi connectivity index (χ0) is 36.9. The van der Waals surface area contributed by atoms with E-state index in [1.165, 1.54) is 0 Å². The maximum absolute atomic E-state index is 7.28. The highest BCUT2D eigenvalue weighted by molar-refractivity contribution is 5.73. The van der Waals surface area contributed by atoms with Crippen molar-refractivity contribution in [3.05, 3.63) is 11.1 Å². The minimum absolute atomic E-state index is 0.336. The Hall–Kier alpha value is -3.68. The van der Waals surface area contributed by atoms with E-state index in [1.54, 1.807) is 0 Å². The third-order valence-electron chi connectivity index (χ3n) is 7.77. The third-order valence-corrected chi connectivity index (χ3v) is 7.77. The molecule has 288 valence electrons. The molecule has 2 fully saturated rings. The Kier molecular flexibility index (Phi) is 15.6. The summed E-state index contributed by atoms with van der Waals surface area (Å²) in [4.78, 5) is 0. The Morgan fingerprint density at radius 3 is 0.706 bits per heavy atom. The Labute approximate surface area is 302 Å². The fraction of sp³-hybridized carbons (Fsp3) is 0.684. The van der Waals surface area contributed by atoms with Crippen LogP contribution in [-0.2, 0) is 14.2 Å². The van der Waals surface area contributed by atoms with Gasteiger partial charge in [0, 0.05) is 0 Å². The molecule has 2 saturated heterocycles. The van der Waals surface area contributed by atoms with E-state index >= 15 is 0 Å². The number of hydrogen-bond acceptors (Lipinski definition) is 13. The van der Waals surface area contributed by atoms with Crippen LogP contribution < -0.4 is 47.4 Å². The predicted octanol–water partition coefficient (Wildman–Crippen LogP) is 7.27. The zero-order valence-corrected chi connectivity index (χ0v) is 32.1. The predicted molar refractivity (Wildman–Crippen MR) is 191 cm³/mol. The number of hydrogen-bond donors (Lipinski definition) is 0. The zero-order valence-electron chi connectivity index (χ0n) is 32.1. The molecule has 0 N–H and O–H groups in total. The molecule has 4 unspecified atom stereocenters. The molecule has 0 aromatic heterocycles. The molecule has 2 aliphatic heterocycles. The average Bonchev–Trinajstić information content (AvgIpc) is 4.05. The topological polar surface area (TPSA) is 127 Å². The van der Waals surface area contributed by atoms with Crippen molar-refractivity contribution in [1.29, 1.82) is 0 Å². The van der Waals surface area contributed by atoms with Crippen molar-refractivity contribution < 1.29 is 61.6 Å². The van der Waals surface area contributed by atoms with Crippen molar-refractivity contribution in [3.63, 3.8) is 0 Å². The molecule has 0 bridgehead atoms. The van der Waals surface area contributed by atoms with Gasteiger partial charge in [0.1, 0.15) is 24.4 Å². The second-order valence-electron chi connectivity index (χ2n) is 11.2. The van der Waals surface area contributed by atoms with E-state index in [2.05, 4.69) is 0 Å². The molecule has 0 saturated carbocycles. The summed E-state index contributed by atoms with van der Waals surface area (Å²) in [7, 11) is 0. The largest absolute Gasteiger partial charge is 0.489 e. The fourth-order valence-corrected chi connectivity index (χ4v) is 5.94. The van der Waals surface area contributed by atoms with Gasteiger partial charge in [0.05, 0.1) is 90.4 Å². The first-order valence-electron chi connectivity index (χ1n) is 18.6. The molecule has 4 rings (SSSR count). The molecule has 0 radical (unpaired) electrons. The van der Waals surface area contributed by atoms with Gasteiger partial charge in [-0.05, 0) is 69.2 Å². The van der Waals surface area contributed by atoms with Crippen molar-refractivity contribution in [1.82, 2.24) is 0 Å². The summed E-state index contributed by atoms with van der Waals surface area (Å²) in [6.45, 7) is 23.4. The van der Waals surface area contributed by atoms with Gasteiger partial charge in [-0.25, -0.2) is 0 Å². The first-order valence-corrected chi connectivity index (χ1v) is 18.6. The van der Waals surface area contributed by atoms with Crippen LogP contribution >= 0.6 is 0 Å². The van der Waals surface area contributed by atoms with Crippen LogP contribution in [0.5, 0.6) is 57.5 Å². The van der Waals surface area contributed by atoms with E-state index in [0.717, 1.165) is 0 Å². The molecule has 0 amide bonds. The van der Waals surface area contributed by atoms with Gasteiger partial charge in [-0.1, -0.05) is 0 Å². The third kappa shape index (κ3) is 9.04. The molecular weight excluding hydrogens is 664 g/mol. The lowest BCUT2D eigenvalue weighted by Gasteiger charge is -2.32. The molecule has 13 nitrogen and oxygen atoms in total. The first kappa shape index (κ1) is 40.1. The monoisotopic (exact) mass is 722 g/mol. The number of rotatable bonds is 26. The average molecular weight is 723 g/mol. The Bertz CT molecular complexity index is 1210. The van der Waals surface area contributed by atoms with Crippen LogP contribution in [0.4, 0.5) is 0 Å². The number of benzene rings is 2. The van der Waals surface area contributed by atoms with E-state index in [-0.39, 0.29) is 12.2 Å². The molecule has 13 heteroatoms. The molecule has 0 aliphatic carbocycles. The minimum Gasteiger partial charge on any atom is -0.489 e. The molecule has 2 aromatic rings. The quantitative estimate of drug-likeness (QED) is 0.0905. The smallest absolute Gasteiger partial charge is 0.211 e. The number of epoxide rings is 2. The van der Waals surface area contributed by atoms with Crippen LogP contribution in [0.2, 0.25) is 0 Å². The van der Waals surface area contributed by atoms with Crippen molar-refractivity contribution in [2.75, 3.05) is 79.3 Å². The lowest BCUT2D eigenvalue weighted by molar-refractivity contribution is -0.0467. The second kappa shape index (κ2) is 19.8. The van der Waals surface area contributed by atoms with Gasteiger partial charge < -0.3 is 61.6 Å².